The molecule has 0 aliphatic heterocycles. The van der Waals surface area contributed by atoms with Crippen LogP contribution in [0.25, 0.3) is 0 Å². The third-order valence-electron chi connectivity index (χ3n) is 1.79. The van der Waals surface area contributed by atoms with Crippen LogP contribution in [-0.4, -0.2) is 17.9 Å². The number of hydrogen-bond acceptors (Lipinski definition) is 2. The Balaban J connectivity index is 2.66. The second-order valence-corrected chi connectivity index (χ2v) is 2.95. The molecule has 0 aromatic carbocycles. The number of alkyl halides is 1. The summed E-state index contributed by atoms with van der Waals surface area (Å²) < 4.78 is 0. The van der Waals surface area contributed by atoms with E-state index in [-0.39, 0.29) is 6.04 Å². The van der Waals surface area contributed by atoms with Crippen molar-refractivity contribution < 1.29 is 0 Å². The summed E-state index contributed by atoms with van der Waals surface area (Å²) in [5, 5.41) is 3.17. The quantitative estimate of drug-likeness (QED) is 0.724. The molecule has 0 saturated heterocycles. The predicted molar refractivity (Wildman–Crippen MR) is 51.4 cm³/mol. The Morgan fingerprint density at radius 2 is 2.42 bits per heavy atom. The largest absolute Gasteiger partial charge is 0.312 e. The van der Waals surface area contributed by atoms with Gasteiger partial charge in [0.2, 0.25) is 0 Å². The van der Waals surface area contributed by atoms with E-state index in [0.29, 0.717) is 5.88 Å². The van der Waals surface area contributed by atoms with Crippen LogP contribution in [-0.2, 0) is 0 Å². The molecule has 1 rings (SSSR count). The van der Waals surface area contributed by atoms with Crippen molar-refractivity contribution in [2.24, 2.45) is 0 Å². The van der Waals surface area contributed by atoms with Crippen molar-refractivity contribution in [1.29, 1.82) is 0 Å². The van der Waals surface area contributed by atoms with E-state index < -0.39 is 0 Å². The lowest BCUT2D eigenvalue weighted by molar-refractivity contribution is 0.564. The molecule has 1 aromatic heterocycles. The SMILES string of the molecule is CNC(CCCl)c1ccccn1. The van der Waals surface area contributed by atoms with E-state index in [2.05, 4.69) is 10.3 Å². The molecular formula is C9H13ClN2. The van der Waals surface area contributed by atoms with Gasteiger partial charge in [0, 0.05) is 12.1 Å². The van der Waals surface area contributed by atoms with Crippen LogP contribution in [0.5, 0.6) is 0 Å². The molecule has 1 unspecified atom stereocenters. The lowest BCUT2D eigenvalue weighted by Crippen LogP contribution is -2.17. The van der Waals surface area contributed by atoms with Crippen LogP contribution < -0.4 is 5.32 Å². The Labute approximate surface area is 78.0 Å². The molecule has 0 aliphatic carbocycles. The molecular weight excluding hydrogens is 172 g/mol. The number of pyridine rings is 1. The van der Waals surface area contributed by atoms with Crippen LogP contribution in [0.2, 0.25) is 0 Å². The summed E-state index contributed by atoms with van der Waals surface area (Å²) in [5.41, 5.74) is 1.06. The first-order chi connectivity index (χ1) is 5.88. The van der Waals surface area contributed by atoms with Gasteiger partial charge in [-0.05, 0) is 25.6 Å². The first kappa shape index (κ1) is 9.49. The van der Waals surface area contributed by atoms with Gasteiger partial charge in [-0.2, -0.15) is 0 Å². The molecule has 0 saturated carbocycles. The molecule has 1 heterocycles. The van der Waals surface area contributed by atoms with Crippen LogP contribution >= 0.6 is 11.6 Å². The number of halogens is 1. The van der Waals surface area contributed by atoms with Gasteiger partial charge in [-0.15, -0.1) is 11.6 Å². The van der Waals surface area contributed by atoms with Gasteiger partial charge < -0.3 is 5.32 Å². The minimum absolute atomic E-state index is 0.281. The van der Waals surface area contributed by atoms with Crippen molar-refractivity contribution in [1.82, 2.24) is 10.3 Å². The summed E-state index contributed by atoms with van der Waals surface area (Å²) in [6.45, 7) is 0. The molecule has 0 radical (unpaired) electrons. The van der Waals surface area contributed by atoms with Gasteiger partial charge in [-0.25, -0.2) is 0 Å². The molecule has 0 amide bonds. The zero-order valence-corrected chi connectivity index (χ0v) is 7.88. The first-order valence-electron chi connectivity index (χ1n) is 4.02. The van der Waals surface area contributed by atoms with E-state index in [1.807, 2.05) is 25.2 Å². The van der Waals surface area contributed by atoms with Gasteiger partial charge in [0.05, 0.1) is 11.7 Å². The van der Waals surface area contributed by atoms with Crippen LogP contribution in [0.4, 0.5) is 0 Å². The van der Waals surface area contributed by atoms with Gasteiger partial charge >= 0.3 is 0 Å². The fraction of sp³-hybridized carbons (Fsp3) is 0.444. The molecule has 12 heavy (non-hydrogen) atoms. The topological polar surface area (TPSA) is 24.9 Å². The highest BCUT2D eigenvalue weighted by molar-refractivity contribution is 6.17. The molecule has 0 spiro atoms. The summed E-state index contributed by atoms with van der Waals surface area (Å²) in [6.07, 6.45) is 2.71. The molecule has 66 valence electrons. The molecule has 0 fully saturated rings. The summed E-state index contributed by atoms with van der Waals surface area (Å²) >= 11 is 5.66. The Hall–Kier alpha value is -0.600. The van der Waals surface area contributed by atoms with E-state index in [1.165, 1.54) is 0 Å². The van der Waals surface area contributed by atoms with E-state index in [0.717, 1.165) is 12.1 Å². The summed E-state index contributed by atoms with van der Waals surface area (Å²) in [7, 11) is 1.92. The maximum atomic E-state index is 5.66. The van der Waals surface area contributed by atoms with Gasteiger partial charge in [0.25, 0.3) is 0 Å². The highest BCUT2D eigenvalue weighted by Crippen LogP contribution is 2.13. The van der Waals surface area contributed by atoms with Crippen molar-refractivity contribution in [3.05, 3.63) is 30.1 Å². The van der Waals surface area contributed by atoms with E-state index in [1.54, 1.807) is 6.20 Å². The van der Waals surface area contributed by atoms with Crippen LogP contribution in [0, 0.1) is 0 Å². The molecule has 0 aliphatic rings. The Morgan fingerprint density at radius 1 is 1.58 bits per heavy atom. The third kappa shape index (κ3) is 2.47. The van der Waals surface area contributed by atoms with E-state index in [9.17, 15) is 0 Å². The molecule has 1 N–H and O–H groups in total. The van der Waals surface area contributed by atoms with Crippen molar-refractivity contribution in [2.75, 3.05) is 12.9 Å². The van der Waals surface area contributed by atoms with E-state index >= 15 is 0 Å². The van der Waals surface area contributed by atoms with Gasteiger partial charge in [-0.3, -0.25) is 4.98 Å². The first-order valence-corrected chi connectivity index (χ1v) is 4.56. The number of rotatable bonds is 4. The monoisotopic (exact) mass is 184 g/mol. The van der Waals surface area contributed by atoms with Crippen LogP contribution in [0.3, 0.4) is 0 Å². The second kappa shape index (κ2) is 5.12. The van der Waals surface area contributed by atoms with Gasteiger partial charge in [-0.1, -0.05) is 6.07 Å². The van der Waals surface area contributed by atoms with Gasteiger partial charge in [0.1, 0.15) is 0 Å². The highest BCUT2D eigenvalue weighted by Gasteiger charge is 2.07. The predicted octanol–water partition coefficient (Wildman–Crippen LogP) is 1.97. The standard InChI is InChI=1S/C9H13ClN2/c1-11-8(5-6-10)9-4-2-3-7-12-9/h2-4,7-8,11H,5-6H2,1H3. The lowest BCUT2D eigenvalue weighted by Gasteiger charge is -2.13. The normalized spacial score (nSPS) is 12.8. The van der Waals surface area contributed by atoms with Crippen molar-refractivity contribution in [3.63, 3.8) is 0 Å². The summed E-state index contributed by atoms with van der Waals surface area (Å²) in [6, 6.07) is 6.19. The molecule has 1 aromatic rings. The molecule has 2 nitrogen and oxygen atoms in total. The number of hydrogen-bond donors (Lipinski definition) is 1. The van der Waals surface area contributed by atoms with Crippen LogP contribution in [0.1, 0.15) is 18.2 Å². The van der Waals surface area contributed by atoms with Gasteiger partial charge in [0.15, 0.2) is 0 Å². The molecule has 3 heteroatoms. The lowest BCUT2D eigenvalue weighted by atomic mass is 10.1. The Bertz CT molecular complexity index is 213. The molecule has 0 bridgehead atoms. The fourth-order valence-corrected chi connectivity index (χ4v) is 1.35. The Morgan fingerprint density at radius 3 is 2.92 bits per heavy atom. The number of aromatic nitrogens is 1. The minimum atomic E-state index is 0.281. The third-order valence-corrected chi connectivity index (χ3v) is 2.01. The highest BCUT2D eigenvalue weighted by atomic mass is 35.5. The summed E-state index contributed by atoms with van der Waals surface area (Å²) in [4.78, 5) is 4.25. The average Bonchev–Trinajstić information content (AvgIpc) is 2.15. The number of nitrogens with one attached hydrogen (secondary N) is 1. The minimum Gasteiger partial charge on any atom is -0.312 e. The maximum absolute atomic E-state index is 5.66. The fourth-order valence-electron chi connectivity index (χ4n) is 1.13. The maximum Gasteiger partial charge on any atom is 0.0573 e. The van der Waals surface area contributed by atoms with Crippen molar-refractivity contribution in [2.45, 2.75) is 12.5 Å². The summed E-state index contributed by atoms with van der Waals surface area (Å²) in [5.74, 6) is 0.655. The van der Waals surface area contributed by atoms with Crippen LogP contribution in [0.15, 0.2) is 24.4 Å². The van der Waals surface area contributed by atoms with Crippen molar-refractivity contribution >= 4 is 11.6 Å². The zero-order valence-electron chi connectivity index (χ0n) is 7.13. The van der Waals surface area contributed by atoms with E-state index in [4.69, 9.17) is 11.6 Å². The zero-order chi connectivity index (χ0) is 8.81. The smallest absolute Gasteiger partial charge is 0.0573 e. The molecule has 1 atom stereocenters. The average molecular weight is 185 g/mol. The second-order valence-electron chi connectivity index (χ2n) is 2.57. The Kier molecular flexibility index (Phi) is 4.05. The number of nitrogens with zero attached hydrogens (tertiary/aromatic N) is 1. The van der Waals surface area contributed by atoms with Crippen molar-refractivity contribution in [3.8, 4) is 0 Å².